The van der Waals surface area contributed by atoms with Gasteiger partial charge in [-0.15, -0.1) is 0 Å². The molecule has 21 heavy (non-hydrogen) atoms. The maximum Gasteiger partial charge on any atom is 0.225 e. The fraction of sp³-hybridized carbons (Fsp3) is 0.875. The number of nitrogens with one attached hydrogen (secondary N) is 1. The lowest BCUT2D eigenvalue weighted by molar-refractivity contribution is -0.138. The Kier molecular flexibility index (Phi) is 7.72. The van der Waals surface area contributed by atoms with Gasteiger partial charge in [-0.1, -0.05) is 27.2 Å². The van der Waals surface area contributed by atoms with E-state index in [9.17, 15) is 9.59 Å². The molecule has 0 radical (unpaired) electrons. The second-order valence-corrected chi connectivity index (χ2v) is 6.29. The van der Waals surface area contributed by atoms with E-state index < -0.39 is 0 Å². The Balaban J connectivity index is 2.33. The molecular weight excluding hydrogens is 268 g/mol. The number of hydrogen-bond acceptors (Lipinski definition) is 3. The van der Waals surface area contributed by atoms with E-state index in [1.54, 1.807) is 0 Å². The van der Waals surface area contributed by atoms with Gasteiger partial charge in [-0.25, -0.2) is 0 Å². The first kappa shape index (κ1) is 18.0. The molecule has 0 saturated carbocycles. The Bertz CT molecular complexity index is 336. The molecule has 1 rings (SSSR count). The molecule has 0 bridgehead atoms. The molecule has 5 nitrogen and oxygen atoms in total. The van der Waals surface area contributed by atoms with Gasteiger partial charge < -0.3 is 15.3 Å². The molecule has 2 amide bonds. The number of aliphatic hydroxyl groups is 1. The van der Waals surface area contributed by atoms with E-state index in [0.717, 1.165) is 25.7 Å². The zero-order valence-corrected chi connectivity index (χ0v) is 13.6. The highest BCUT2D eigenvalue weighted by molar-refractivity contribution is 5.80. The van der Waals surface area contributed by atoms with Crippen LogP contribution < -0.4 is 5.32 Å². The van der Waals surface area contributed by atoms with E-state index in [1.807, 2.05) is 18.7 Å². The zero-order chi connectivity index (χ0) is 15.8. The Morgan fingerprint density at radius 2 is 1.90 bits per heavy atom. The molecule has 0 spiro atoms. The molecule has 2 N–H and O–H groups in total. The van der Waals surface area contributed by atoms with Crippen molar-refractivity contribution < 1.29 is 14.7 Å². The fourth-order valence-corrected chi connectivity index (χ4v) is 2.75. The molecular formula is C16H30N2O3. The SMILES string of the molecule is CCC(CCO)CNC(=O)C1CCN(C(=O)C(C)C)CC1. The summed E-state index contributed by atoms with van der Waals surface area (Å²) in [6.45, 7) is 8.07. The molecule has 1 atom stereocenters. The second-order valence-electron chi connectivity index (χ2n) is 6.29. The van der Waals surface area contributed by atoms with Gasteiger partial charge in [0.25, 0.3) is 0 Å². The van der Waals surface area contributed by atoms with Crippen LogP contribution in [0.25, 0.3) is 0 Å². The average molecular weight is 298 g/mol. The molecule has 122 valence electrons. The molecule has 1 unspecified atom stereocenters. The van der Waals surface area contributed by atoms with Crippen molar-refractivity contribution in [2.24, 2.45) is 17.8 Å². The largest absolute Gasteiger partial charge is 0.396 e. The lowest BCUT2D eigenvalue weighted by Gasteiger charge is -2.32. The topological polar surface area (TPSA) is 69.6 Å². The molecule has 0 aliphatic carbocycles. The summed E-state index contributed by atoms with van der Waals surface area (Å²) in [6, 6.07) is 0. The van der Waals surface area contributed by atoms with Gasteiger partial charge in [-0.2, -0.15) is 0 Å². The third-order valence-electron chi connectivity index (χ3n) is 4.35. The van der Waals surface area contributed by atoms with E-state index in [-0.39, 0.29) is 30.3 Å². The van der Waals surface area contributed by atoms with E-state index in [2.05, 4.69) is 12.2 Å². The second kappa shape index (κ2) is 9.03. The highest BCUT2D eigenvalue weighted by atomic mass is 16.3. The van der Waals surface area contributed by atoms with Gasteiger partial charge in [0.1, 0.15) is 0 Å². The summed E-state index contributed by atoms with van der Waals surface area (Å²) in [6.07, 6.45) is 3.20. The summed E-state index contributed by atoms with van der Waals surface area (Å²) >= 11 is 0. The summed E-state index contributed by atoms with van der Waals surface area (Å²) in [4.78, 5) is 25.9. The van der Waals surface area contributed by atoms with Crippen molar-refractivity contribution >= 4 is 11.8 Å². The van der Waals surface area contributed by atoms with Gasteiger partial charge in [0.2, 0.25) is 11.8 Å². The van der Waals surface area contributed by atoms with Crippen LogP contribution in [0, 0.1) is 17.8 Å². The monoisotopic (exact) mass is 298 g/mol. The third-order valence-corrected chi connectivity index (χ3v) is 4.35. The average Bonchev–Trinajstić information content (AvgIpc) is 2.50. The standard InChI is InChI=1S/C16H30N2O3/c1-4-13(7-10-19)11-17-15(20)14-5-8-18(9-6-14)16(21)12(2)3/h12-14,19H,4-11H2,1-3H3,(H,17,20). The van der Waals surface area contributed by atoms with Crippen LogP contribution in [0.15, 0.2) is 0 Å². The predicted molar refractivity (Wildman–Crippen MR) is 82.6 cm³/mol. The normalized spacial score (nSPS) is 17.9. The molecule has 1 aliphatic rings. The van der Waals surface area contributed by atoms with Crippen LogP contribution >= 0.6 is 0 Å². The highest BCUT2D eigenvalue weighted by Crippen LogP contribution is 2.19. The van der Waals surface area contributed by atoms with Gasteiger partial charge >= 0.3 is 0 Å². The van der Waals surface area contributed by atoms with Gasteiger partial charge in [0.05, 0.1) is 0 Å². The maximum atomic E-state index is 12.2. The first-order chi connectivity index (χ1) is 9.99. The summed E-state index contributed by atoms with van der Waals surface area (Å²) in [7, 11) is 0. The number of amides is 2. The number of carbonyl (C=O) groups excluding carboxylic acids is 2. The van der Waals surface area contributed by atoms with Gasteiger partial charge in [0.15, 0.2) is 0 Å². The molecule has 0 aromatic rings. The van der Waals surface area contributed by atoms with Crippen LogP contribution in [0.3, 0.4) is 0 Å². The summed E-state index contributed by atoms with van der Waals surface area (Å²) in [5, 5.41) is 12.0. The molecule has 1 heterocycles. The van der Waals surface area contributed by atoms with Crippen LogP contribution in [0.4, 0.5) is 0 Å². The number of piperidine rings is 1. The predicted octanol–water partition coefficient (Wildman–Crippen LogP) is 1.41. The van der Waals surface area contributed by atoms with Crippen LogP contribution in [0.1, 0.15) is 46.5 Å². The van der Waals surface area contributed by atoms with E-state index >= 15 is 0 Å². The minimum absolute atomic E-state index is 0.0212. The molecule has 1 fully saturated rings. The smallest absolute Gasteiger partial charge is 0.225 e. The molecule has 1 saturated heterocycles. The van der Waals surface area contributed by atoms with E-state index in [1.165, 1.54) is 0 Å². The summed E-state index contributed by atoms with van der Waals surface area (Å²) in [5.74, 6) is 0.680. The fourth-order valence-electron chi connectivity index (χ4n) is 2.75. The first-order valence-electron chi connectivity index (χ1n) is 8.16. The van der Waals surface area contributed by atoms with Gasteiger partial charge in [-0.3, -0.25) is 9.59 Å². The Morgan fingerprint density at radius 3 is 2.38 bits per heavy atom. The molecule has 5 heteroatoms. The highest BCUT2D eigenvalue weighted by Gasteiger charge is 2.28. The van der Waals surface area contributed by atoms with Crippen LogP contribution in [0.5, 0.6) is 0 Å². The van der Waals surface area contributed by atoms with Crippen molar-refractivity contribution in [3.8, 4) is 0 Å². The Morgan fingerprint density at radius 1 is 1.29 bits per heavy atom. The van der Waals surface area contributed by atoms with Crippen LogP contribution in [-0.4, -0.2) is 48.1 Å². The van der Waals surface area contributed by atoms with Crippen LogP contribution in [0.2, 0.25) is 0 Å². The summed E-state index contributed by atoms with van der Waals surface area (Å²) in [5.41, 5.74) is 0. The number of aliphatic hydroxyl groups excluding tert-OH is 1. The number of nitrogens with zero attached hydrogens (tertiary/aromatic N) is 1. The Labute approximate surface area is 128 Å². The van der Waals surface area contributed by atoms with Crippen molar-refractivity contribution in [2.45, 2.75) is 46.5 Å². The minimum atomic E-state index is 0.0212. The molecule has 1 aliphatic heterocycles. The zero-order valence-electron chi connectivity index (χ0n) is 13.6. The van der Waals surface area contributed by atoms with Crippen molar-refractivity contribution in [3.63, 3.8) is 0 Å². The number of rotatable bonds is 7. The third kappa shape index (κ3) is 5.65. The lowest BCUT2D eigenvalue weighted by Crippen LogP contribution is -2.45. The number of likely N-dealkylation sites (tertiary alicyclic amines) is 1. The van der Waals surface area contributed by atoms with Crippen molar-refractivity contribution in [1.29, 1.82) is 0 Å². The number of carbonyl (C=O) groups is 2. The van der Waals surface area contributed by atoms with E-state index in [4.69, 9.17) is 5.11 Å². The van der Waals surface area contributed by atoms with Crippen molar-refractivity contribution in [1.82, 2.24) is 10.2 Å². The molecule has 0 aromatic heterocycles. The van der Waals surface area contributed by atoms with Crippen LogP contribution in [-0.2, 0) is 9.59 Å². The Hall–Kier alpha value is -1.10. The number of hydrogen-bond donors (Lipinski definition) is 2. The van der Waals surface area contributed by atoms with Crippen molar-refractivity contribution in [2.75, 3.05) is 26.2 Å². The summed E-state index contributed by atoms with van der Waals surface area (Å²) < 4.78 is 0. The van der Waals surface area contributed by atoms with E-state index in [0.29, 0.717) is 25.6 Å². The van der Waals surface area contributed by atoms with Gasteiger partial charge in [-0.05, 0) is 25.2 Å². The first-order valence-corrected chi connectivity index (χ1v) is 8.16. The minimum Gasteiger partial charge on any atom is -0.396 e. The van der Waals surface area contributed by atoms with Crippen molar-refractivity contribution in [3.05, 3.63) is 0 Å². The lowest BCUT2D eigenvalue weighted by atomic mass is 9.94. The quantitative estimate of drug-likeness (QED) is 0.746. The van der Waals surface area contributed by atoms with Gasteiger partial charge in [0, 0.05) is 38.1 Å². The maximum absolute atomic E-state index is 12.2. The molecule has 0 aromatic carbocycles.